The van der Waals surface area contributed by atoms with Crippen LogP contribution < -0.4 is 5.73 Å². The van der Waals surface area contributed by atoms with Crippen molar-refractivity contribution >= 4 is 0 Å². The van der Waals surface area contributed by atoms with Crippen LogP contribution in [0.1, 0.15) is 17.2 Å². The molecule has 2 atom stereocenters. The van der Waals surface area contributed by atoms with Gasteiger partial charge in [-0.05, 0) is 24.1 Å². The minimum atomic E-state index is -0.153. The summed E-state index contributed by atoms with van der Waals surface area (Å²) in [6, 6.07) is 5.59. The normalized spacial score (nSPS) is 32.5. The monoisotopic (exact) mass is 249 g/mol. The lowest BCUT2D eigenvalue weighted by Gasteiger charge is -2.49. The van der Waals surface area contributed by atoms with Crippen molar-refractivity contribution in [2.24, 2.45) is 5.73 Å². The predicted molar refractivity (Wildman–Crippen MR) is 69.9 cm³/mol. The van der Waals surface area contributed by atoms with Crippen LogP contribution in [0.25, 0.3) is 0 Å². The van der Waals surface area contributed by atoms with Gasteiger partial charge in [0.05, 0.1) is 0 Å². The molecule has 0 amide bonds. The van der Waals surface area contributed by atoms with Crippen molar-refractivity contribution in [3.63, 3.8) is 0 Å². The van der Waals surface area contributed by atoms with Gasteiger partial charge in [0.25, 0.3) is 0 Å². The Morgan fingerprint density at radius 3 is 2.56 bits per heavy atom. The number of aryl methyl sites for hydroxylation is 1. The van der Waals surface area contributed by atoms with Crippen LogP contribution in [-0.2, 0) is 0 Å². The van der Waals surface area contributed by atoms with Gasteiger partial charge >= 0.3 is 0 Å². The van der Waals surface area contributed by atoms with Gasteiger partial charge in [0.15, 0.2) is 0 Å². The maximum Gasteiger partial charge on any atom is 0.126 e. The van der Waals surface area contributed by atoms with E-state index in [1.165, 1.54) is 6.07 Å². The fourth-order valence-electron chi connectivity index (χ4n) is 3.10. The number of rotatable bonds is 2. The Kier molecular flexibility index (Phi) is 3.09. The van der Waals surface area contributed by atoms with E-state index >= 15 is 0 Å². The Bertz CT molecular complexity index is 441. The highest BCUT2D eigenvalue weighted by Crippen LogP contribution is 2.26. The fraction of sp³-hybridized carbons (Fsp3) is 0.571. The van der Waals surface area contributed by atoms with Gasteiger partial charge in [0, 0.05) is 44.8 Å². The van der Waals surface area contributed by atoms with Gasteiger partial charge < -0.3 is 5.73 Å². The van der Waals surface area contributed by atoms with Gasteiger partial charge in [0.2, 0.25) is 0 Å². The molecule has 3 saturated heterocycles. The van der Waals surface area contributed by atoms with E-state index in [2.05, 4.69) is 9.80 Å². The zero-order valence-electron chi connectivity index (χ0n) is 10.8. The number of hydrogen-bond acceptors (Lipinski definition) is 3. The van der Waals surface area contributed by atoms with Crippen LogP contribution in [0.15, 0.2) is 18.2 Å². The molecule has 2 N–H and O–H groups in total. The SMILES string of the molecule is Cc1cc(C(N)C2CN3CCN2CC3)ccc1F. The molecule has 0 spiro atoms. The average molecular weight is 249 g/mol. The van der Waals surface area contributed by atoms with Crippen molar-refractivity contribution in [2.45, 2.75) is 19.0 Å². The molecular formula is C14H20FN3. The first kappa shape index (κ1) is 12.1. The highest BCUT2D eigenvalue weighted by atomic mass is 19.1. The number of nitrogens with two attached hydrogens (primary N) is 1. The third kappa shape index (κ3) is 2.05. The first-order valence-electron chi connectivity index (χ1n) is 6.63. The molecule has 4 rings (SSSR count). The first-order valence-corrected chi connectivity index (χ1v) is 6.63. The Balaban J connectivity index is 1.81. The van der Waals surface area contributed by atoms with E-state index in [0.717, 1.165) is 38.3 Å². The molecule has 0 aromatic heterocycles. The standard InChI is InChI=1S/C14H20FN3/c1-10-8-11(2-3-12(10)15)14(16)13-9-17-4-6-18(13)7-5-17/h2-3,8,13-14H,4-7,9,16H2,1H3. The quantitative estimate of drug-likeness (QED) is 0.853. The smallest absolute Gasteiger partial charge is 0.126 e. The summed E-state index contributed by atoms with van der Waals surface area (Å²) in [7, 11) is 0. The summed E-state index contributed by atoms with van der Waals surface area (Å²) >= 11 is 0. The molecule has 1 aromatic rings. The molecule has 3 heterocycles. The van der Waals surface area contributed by atoms with E-state index in [9.17, 15) is 4.39 Å². The molecule has 0 aliphatic carbocycles. The van der Waals surface area contributed by atoms with Crippen LogP contribution in [-0.4, -0.2) is 48.6 Å². The summed E-state index contributed by atoms with van der Waals surface area (Å²) in [5.74, 6) is -0.153. The van der Waals surface area contributed by atoms with Gasteiger partial charge in [-0.3, -0.25) is 9.80 Å². The van der Waals surface area contributed by atoms with E-state index in [4.69, 9.17) is 5.73 Å². The lowest BCUT2D eigenvalue weighted by Crippen LogP contribution is -2.63. The van der Waals surface area contributed by atoms with E-state index in [1.54, 1.807) is 6.92 Å². The van der Waals surface area contributed by atoms with E-state index < -0.39 is 0 Å². The molecular weight excluding hydrogens is 229 g/mol. The molecule has 2 bridgehead atoms. The Morgan fingerprint density at radius 2 is 2.00 bits per heavy atom. The predicted octanol–water partition coefficient (Wildman–Crippen LogP) is 1.13. The second-order valence-electron chi connectivity index (χ2n) is 5.44. The fourth-order valence-corrected chi connectivity index (χ4v) is 3.10. The van der Waals surface area contributed by atoms with E-state index in [1.807, 2.05) is 12.1 Å². The maximum atomic E-state index is 13.3. The summed E-state index contributed by atoms with van der Waals surface area (Å²) in [5, 5.41) is 0. The molecule has 3 fully saturated rings. The van der Waals surface area contributed by atoms with Gasteiger partial charge in [-0.25, -0.2) is 4.39 Å². The molecule has 3 aliphatic heterocycles. The van der Waals surface area contributed by atoms with Crippen molar-refractivity contribution in [3.8, 4) is 0 Å². The zero-order chi connectivity index (χ0) is 12.7. The maximum absolute atomic E-state index is 13.3. The minimum absolute atomic E-state index is 0.0209. The molecule has 3 nitrogen and oxygen atoms in total. The highest BCUT2D eigenvalue weighted by Gasteiger charge is 2.35. The van der Waals surface area contributed by atoms with Gasteiger partial charge in [0.1, 0.15) is 5.82 Å². The van der Waals surface area contributed by atoms with Gasteiger partial charge in [-0.2, -0.15) is 0 Å². The van der Waals surface area contributed by atoms with Crippen molar-refractivity contribution < 1.29 is 4.39 Å². The number of piperazine rings is 3. The number of nitrogens with zero attached hydrogens (tertiary/aromatic N) is 2. The first-order chi connectivity index (χ1) is 8.65. The van der Waals surface area contributed by atoms with E-state index in [-0.39, 0.29) is 11.9 Å². The zero-order valence-corrected chi connectivity index (χ0v) is 10.8. The van der Waals surface area contributed by atoms with Crippen molar-refractivity contribution in [1.82, 2.24) is 9.80 Å². The topological polar surface area (TPSA) is 32.5 Å². The van der Waals surface area contributed by atoms with Crippen LogP contribution in [0.4, 0.5) is 4.39 Å². The Hall–Kier alpha value is -0.970. The molecule has 98 valence electrons. The second-order valence-corrected chi connectivity index (χ2v) is 5.44. The molecule has 2 unspecified atom stereocenters. The Morgan fingerprint density at radius 1 is 1.28 bits per heavy atom. The van der Waals surface area contributed by atoms with Crippen LogP contribution in [0.5, 0.6) is 0 Å². The van der Waals surface area contributed by atoms with Gasteiger partial charge in [-0.1, -0.05) is 12.1 Å². The second kappa shape index (κ2) is 4.61. The molecule has 0 radical (unpaired) electrons. The molecule has 18 heavy (non-hydrogen) atoms. The van der Waals surface area contributed by atoms with Crippen LogP contribution >= 0.6 is 0 Å². The minimum Gasteiger partial charge on any atom is -0.323 e. The number of hydrogen-bond donors (Lipinski definition) is 1. The summed E-state index contributed by atoms with van der Waals surface area (Å²) < 4.78 is 13.3. The molecule has 4 heteroatoms. The van der Waals surface area contributed by atoms with Crippen LogP contribution in [0, 0.1) is 12.7 Å². The third-order valence-corrected chi connectivity index (χ3v) is 4.30. The highest BCUT2D eigenvalue weighted by molar-refractivity contribution is 5.27. The summed E-state index contributed by atoms with van der Waals surface area (Å²) in [5.41, 5.74) is 8.11. The summed E-state index contributed by atoms with van der Waals surface area (Å²) in [6.07, 6.45) is 0. The summed E-state index contributed by atoms with van der Waals surface area (Å²) in [6.45, 7) is 7.37. The number of fused-ring (bicyclic) bond motifs is 3. The lowest BCUT2D eigenvalue weighted by molar-refractivity contribution is 0.00213. The van der Waals surface area contributed by atoms with Crippen molar-refractivity contribution in [1.29, 1.82) is 0 Å². The molecule has 0 saturated carbocycles. The largest absolute Gasteiger partial charge is 0.323 e. The van der Waals surface area contributed by atoms with Crippen molar-refractivity contribution in [2.75, 3.05) is 32.7 Å². The van der Waals surface area contributed by atoms with Crippen LogP contribution in [0.3, 0.4) is 0 Å². The molecule has 1 aromatic carbocycles. The number of benzene rings is 1. The lowest BCUT2D eigenvalue weighted by atomic mass is 9.94. The average Bonchev–Trinajstić information content (AvgIpc) is 2.42. The third-order valence-electron chi connectivity index (χ3n) is 4.30. The Labute approximate surface area is 107 Å². The molecule has 3 aliphatic rings. The van der Waals surface area contributed by atoms with Crippen molar-refractivity contribution in [3.05, 3.63) is 35.1 Å². The summed E-state index contributed by atoms with van der Waals surface area (Å²) in [4.78, 5) is 4.95. The van der Waals surface area contributed by atoms with E-state index in [0.29, 0.717) is 11.6 Å². The van der Waals surface area contributed by atoms with Gasteiger partial charge in [-0.15, -0.1) is 0 Å². The van der Waals surface area contributed by atoms with Crippen LogP contribution in [0.2, 0.25) is 0 Å². The number of halogens is 1.